The van der Waals surface area contributed by atoms with Crippen LogP contribution in [0.2, 0.25) is 5.02 Å². The van der Waals surface area contributed by atoms with Crippen molar-refractivity contribution in [2.24, 2.45) is 0 Å². The molecule has 0 fully saturated rings. The van der Waals surface area contributed by atoms with Crippen LogP contribution in [0.4, 0.5) is 0 Å². The number of hydrogen-bond donors (Lipinski definition) is 0. The van der Waals surface area contributed by atoms with E-state index in [9.17, 15) is 5.26 Å². The van der Waals surface area contributed by atoms with Crippen molar-refractivity contribution in [3.05, 3.63) is 64.8 Å². The summed E-state index contributed by atoms with van der Waals surface area (Å²) in [6.07, 6.45) is 0. The molecular formula is C16H11ClN4. The third-order valence-electron chi connectivity index (χ3n) is 3.22. The van der Waals surface area contributed by atoms with Crippen molar-refractivity contribution in [2.45, 2.75) is 6.92 Å². The van der Waals surface area contributed by atoms with Gasteiger partial charge in [0.05, 0.1) is 5.69 Å². The van der Waals surface area contributed by atoms with Gasteiger partial charge in [-0.15, -0.1) is 5.10 Å². The van der Waals surface area contributed by atoms with Gasteiger partial charge < -0.3 is 0 Å². The SMILES string of the molecule is Cc1ccc(Cl)cc1-n1nnc(C#N)c1-c1ccccc1. The number of aryl methyl sites for hydroxylation is 1. The van der Waals surface area contributed by atoms with E-state index in [2.05, 4.69) is 16.4 Å². The van der Waals surface area contributed by atoms with Crippen molar-refractivity contribution < 1.29 is 0 Å². The van der Waals surface area contributed by atoms with E-state index in [0.29, 0.717) is 16.4 Å². The Morgan fingerprint density at radius 3 is 2.62 bits per heavy atom. The van der Waals surface area contributed by atoms with Crippen LogP contribution < -0.4 is 0 Å². The number of aromatic nitrogens is 3. The highest BCUT2D eigenvalue weighted by molar-refractivity contribution is 6.30. The van der Waals surface area contributed by atoms with Gasteiger partial charge in [0.25, 0.3) is 0 Å². The van der Waals surface area contributed by atoms with Crippen molar-refractivity contribution in [3.8, 4) is 23.0 Å². The minimum atomic E-state index is 0.292. The molecule has 0 amide bonds. The fourth-order valence-corrected chi connectivity index (χ4v) is 2.36. The number of benzene rings is 2. The Bertz CT molecular complexity index is 831. The molecule has 0 radical (unpaired) electrons. The van der Waals surface area contributed by atoms with Crippen LogP contribution in [0, 0.1) is 18.3 Å². The molecule has 0 saturated carbocycles. The highest BCUT2D eigenvalue weighted by atomic mass is 35.5. The summed E-state index contributed by atoms with van der Waals surface area (Å²) in [7, 11) is 0. The van der Waals surface area contributed by atoms with Gasteiger partial charge in [-0.1, -0.05) is 53.2 Å². The van der Waals surface area contributed by atoms with Crippen LogP contribution in [0.3, 0.4) is 0 Å². The molecule has 0 aliphatic rings. The average molecular weight is 295 g/mol. The first kappa shape index (κ1) is 13.3. The van der Waals surface area contributed by atoms with Crippen LogP contribution in [-0.4, -0.2) is 15.0 Å². The Kier molecular flexibility index (Phi) is 3.43. The molecule has 1 heterocycles. The maximum absolute atomic E-state index is 9.27. The second-order valence-corrected chi connectivity index (χ2v) is 5.04. The summed E-state index contributed by atoms with van der Waals surface area (Å²) in [4.78, 5) is 0. The lowest BCUT2D eigenvalue weighted by molar-refractivity contribution is 0.802. The van der Waals surface area contributed by atoms with Gasteiger partial charge >= 0.3 is 0 Å². The van der Waals surface area contributed by atoms with E-state index < -0.39 is 0 Å². The normalized spacial score (nSPS) is 10.3. The smallest absolute Gasteiger partial charge is 0.191 e. The number of nitrogens with zero attached hydrogens (tertiary/aromatic N) is 4. The van der Waals surface area contributed by atoms with Gasteiger partial charge in [0.15, 0.2) is 5.69 Å². The van der Waals surface area contributed by atoms with Gasteiger partial charge in [-0.3, -0.25) is 0 Å². The van der Waals surface area contributed by atoms with Crippen LogP contribution in [-0.2, 0) is 0 Å². The molecule has 0 aliphatic heterocycles. The quantitative estimate of drug-likeness (QED) is 0.723. The average Bonchev–Trinajstić information content (AvgIpc) is 2.94. The molecule has 5 heteroatoms. The fourth-order valence-electron chi connectivity index (χ4n) is 2.19. The van der Waals surface area contributed by atoms with E-state index in [1.54, 1.807) is 4.68 Å². The number of hydrogen-bond acceptors (Lipinski definition) is 3. The lowest BCUT2D eigenvalue weighted by Gasteiger charge is -2.10. The molecule has 0 atom stereocenters. The van der Waals surface area contributed by atoms with E-state index in [1.807, 2.05) is 55.5 Å². The van der Waals surface area contributed by atoms with Gasteiger partial charge in [-0.2, -0.15) is 5.26 Å². The minimum absolute atomic E-state index is 0.292. The van der Waals surface area contributed by atoms with Crippen molar-refractivity contribution in [2.75, 3.05) is 0 Å². The lowest BCUT2D eigenvalue weighted by atomic mass is 10.1. The van der Waals surface area contributed by atoms with Crippen molar-refractivity contribution in [1.82, 2.24) is 15.0 Å². The minimum Gasteiger partial charge on any atom is -0.211 e. The van der Waals surface area contributed by atoms with Crippen LogP contribution in [0.25, 0.3) is 16.9 Å². The first-order valence-electron chi connectivity index (χ1n) is 6.38. The Morgan fingerprint density at radius 1 is 1.14 bits per heavy atom. The molecule has 102 valence electrons. The van der Waals surface area contributed by atoms with Crippen molar-refractivity contribution >= 4 is 11.6 Å². The van der Waals surface area contributed by atoms with Crippen LogP contribution in [0.15, 0.2) is 48.5 Å². The topological polar surface area (TPSA) is 54.5 Å². The van der Waals surface area contributed by atoms with E-state index in [1.165, 1.54) is 0 Å². The molecule has 4 nitrogen and oxygen atoms in total. The molecule has 2 aromatic carbocycles. The third kappa shape index (κ3) is 2.39. The molecule has 0 N–H and O–H groups in total. The molecular weight excluding hydrogens is 284 g/mol. The monoisotopic (exact) mass is 294 g/mol. The number of nitriles is 1. The Balaban J connectivity index is 2.28. The van der Waals surface area contributed by atoms with E-state index in [0.717, 1.165) is 16.8 Å². The van der Waals surface area contributed by atoms with Gasteiger partial charge in [0, 0.05) is 10.6 Å². The first-order valence-corrected chi connectivity index (χ1v) is 6.76. The molecule has 3 rings (SSSR count). The second kappa shape index (κ2) is 5.39. The van der Waals surface area contributed by atoms with Crippen LogP contribution in [0.1, 0.15) is 11.3 Å². The summed E-state index contributed by atoms with van der Waals surface area (Å²) in [6.45, 7) is 1.97. The van der Waals surface area contributed by atoms with Gasteiger partial charge in [0.1, 0.15) is 11.8 Å². The molecule has 21 heavy (non-hydrogen) atoms. The third-order valence-corrected chi connectivity index (χ3v) is 3.46. The molecule has 0 bridgehead atoms. The summed E-state index contributed by atoms with van der Waals surface area (Å²) in [5, 5.41) is 18.0. The van der Waals surface area contributed by atoms with Crippen molar-refractivity contribution in [3.63, 3.8) is 0 Å². The standard InChI is InChI=1S/C16H11ClN4/c1-11-7-8-13(17)9-15(11)21-16(14(10-18)19-20-21)12-5-3-2-4-6-12/h2-9H,1H3. The lowest BCUT2D eigenvalue weighted by Crippen LogP contribution is -2.02. The first-order chi connectivity index (χ1) is 10.2. The number of halogens is 1. The molecule has 0 saturated heterocycles. The fraction of sp³-hybridized carbons (Fsp3) is 0.0625. The molecule has 3 aromatic rings. The molecule has 0 aliphatic carbocycles. The van der Waals surface area contributed by atoms with E-state index in [-0.39, 0.29) is 0 Å². The Morgan fingerprint density at radius 2 is 1.90 bits per heavy atom. The zero-order valence-electron chi connectivity index (χ0n) is 11.3. The Labute approximate surface area is 127 Å². The summed E-state index contributed by atoms with van der Waals surface area (Å²) in [5.41, 5.74) is 3.67. The van der Waals surface area contributed by atoms with E-state index >= 15 is 0 Å². The maximum atomic E-state index is 9.27. The Hall–Kier alpha value is -2.64. The van der Waals surface area contributed by atoms with E-state index in [4.69, 9.17) is 11.6 Å². The molecule has 1 aromatic heterocycles. The zero-order valence-corrected chi connectivity index (χ0v) is 12.0. The maximum Gasteiger partial charge on any atom is 0.191 e. The van der Waals surface area contributed by atoms with Gasteiger partial charge in [0.2, 0.25) is 0 Å². The van der Waals surface area contributed by atoms with Crippen LogP contribution >= 0.6 is 11.6 Å². The predicted octanol–water partition coefficient (Wildman–Crippen LogP) is 3.77. The molecule has 0 unspecified atom stereocenters. The highest BCUT2D eigenvalue weighted by Crippen LogP contribution is 2.27. The summed E-state index contributed by atoms with van der Waals surface area (Å²) in [5.74, 6) is 0. The highest BCUT2D eigenvalue weighted by Gasteiger charge is 2.17. The number of rotatable bonds is 2. The van der Waals surface area contributed by atoms with Crippen LogP contribution in [0.5, 0.6) is 0 Å². The summed E-state index contributed by atoms with van der Waals surface area (Å²) >= 11 is 6.08. The largest absolute Gasteiger partial charge is 0.211 e. The summed E-state index contributed by atoms with van der Waals surface area (Å²) in [6, 6.07) is 17.3. The zero-order chi connectivity index (χ0) is 14.8. The summed E-state index contributed by atoms with van der Waals surface area (Å²) < 4.78 is 1.66. The molecule has 0 spiro atoms. The van der Waals surface area contributed by atoms with Crippen molar-refractivity contribution in [1.29, 1.82) is 5.26 Å². The predicted molar refractivity (Wildman–Crippen MR) is 81.3 cm³/mol. The van der Waals surface area contributed by atoms with Gasteiger partial charge in [-0.05, 0) is 24.6 Å². The second-order valence-electron chi connectivity index (χ2n) is 4.61. The van der Waals surface area contributed by atoms with Gasteiger partial charge in [-0.25, -0.2) is 4.68 Å².